The normalized spacial score (nSPS) is 24.0. The fourth-order valence-electron chi connectivity index (χ4n) is 2.87. The summed E-state index contributed by atoms with van der Waals surface area (Å²) in [5, 5.41) is 3.89. The van der Waals surface area contributed by atoms with Gasteiger partial charge in [-0.1, -0.05) is 19.0 Å². The molecule has 6 nitrogen and oxygen atoms in total. The summed E-state index contributed by atoms with van der Waals surface area (Å²) >= 11 is 0. The quantitative estimate of drug-likeness (QED) is 0.858. The number of aromatic nitrogens is 1. The van der Waals surface area contributed by atoms with E-state index in [0.717, 1.165) is 18.0 Å². The smallest absolute Gasteiger partial charge is 0.211 e. The Bertz CT molecular complexity index is 568. The van der Waals surface area contributed by atoms with Crippen molar-refractivity contribution in [3.05, 3.63) is 17.5 Å². The number of sulfonamides is 1. The monoisotopic (exact) mass is 315 g/mol. The Hall–Kier alpha value is -0.920. The summed E-state index contributed by atoms with van der Waals surface area (Å²) in [6.07, 6.45) is 0. The van der Waals surface area contributed by atoms with Gasteiger partial charge >= 0.3 is 0 Å². The summed E-state index contributed by atoms with van der Waals surface area (Å²) in [5.74, 6) is 1.69. The highest BCUT2D eigenvalue weighted by atomic mass is 32.2. The lowest BCUT2D eigenvalue weighted by molar-refractivity contribution is 0.256. The van der Waals surface area contributed by atoms with E-state index in [4.69, 9.17) is 4.52 Å². The number of rotatable bonds is 6. The molecule has 2 atom stereocenters. The predicted molar refractivity (Wildman–Crippen MR) is 81.2 cm³/mol. The summed E-state index contributed by atoms with van der Waals surface area (Å²) in [5.41, 5.74) is 0.868. The molecule has 1 saturated heterocycles. The van der Waals surface area contributed by atoms with Crippen LogP contribution in [0.15, 0.2) is 10.6 Å². The molecule has 1 aliphatic heterocycles. The standard InChI is InChI=1S/C14H25N3O3S/c1-5-21(18,19)16-14-9-17(8-13(14)10(2)3)7-12-6-11(4)15-20-12/h6,10,13-14,16H,5,7-9H2,1-4H3/t13-,14+/m1/s1. The van der Waals surface area contributed by atoms with Gasteiger partial charge in [-0.3, -0.25) is 4.90 Å². The fraction of sp³-hybridized carbons (Fsp3) is 0.786. The van der Waals surface area contributed by atoms with Gasteiger partial charge in [-0.05, 0) is 25.7 Å². The molecule has 1 fully saturated rings. The van der Waals surface area contributed by atoms with Gasteiger partial charge in [-0.25, -0.2) is 13.1 Å². The molecular weight excluding hydrogens is 290 g/mol. The van der Waals surface area contributed by atoms with Gasteiger partial charge in [0.15, 0.2) is 5.76 Å². The molecule has 1 aliphatic rings. The van der Waals surface area contributed by atoms with Crippen LogP contribution in [0.1, 0.15) is 32.2 Å². The van der Waals surface area contributed by atoms with E-state index in [-0.39, 0.29) is 11.8 Å². The maximum atomic E-state index is 11.8. The zero-order chi connectivity index (χ0) is 15.6. The first-order valence-corrected chi connectivity index (χ1v) is 9.10. The van der Waals surface area contributed by atoms with Gasteiger partial charge in [0.1, 0.15) is 0 Å². The third-order valence-electron chi connectivity index (χ3n) is 4.06. The SMILES string of the molecule is CCS(=O)(=O)N[C@H]1CN(Cc2cc(C)no2)C[C@@H]1C(C)C. The molecule has 2 heterocycles. The lowest BCUT2D eigenvalue weighted by Gasteiger charge is -2.22. The molecule has 21 heavy (non-hydrogen) atoms. The van der Waals surface area contributed by atoms with Gasteiger partial charge < -0.3 is 4.52 Å². The lowest BCUT2D eigenvalue weighted by Crippen LogP contribution is -2.42. The van der Waals surface area contributed by atoms with Crippen molar-refractivity contribution >= 4 is 10.0 Å². The molecule has 7 heteroatoms. The molecule has 0 saturated carbocycles. The van der Waals surface area contributed by atoms with Gasteiger partial charge in [0.05, 0.1) is 18.0 Å². The second-order valence-electron chi connectivity index (χ2n) is 6.16. The average Bonchev–Trinajstić information content (AvgIpc) is 2.96. The van der Waals surface area contributed by atoms with Gasteiger partial charge in [-0.15, -0.1) is 0 Å². The maximum Gasteiger partial charge on any atom is 0.211 e. The number of nitrogens with zero attached hydrogens (tertiary/aromatic N) is 2. The van der Waals surface area contributed by atoms with E-state index in [0.29, 0.717) is 24.9 Å². The van der Waals surface area contributed by atoms with E-state index in [1.165, 1.54) is 0 Å². The van der Waals surface area contributed by atoms with Crippen LogP contribution in [0, 0.1) is 18.8 Å². The Balaban J connectivity index is 2.04. The first kappa shape index (κ1) is 16.5. The summed E-state index contributed by atoms with van der Waals surface area (Å²) in [4.78, 5) is 2.23. The second kappa shape index (κ2) is 6.46. The first-order chi connectivity index (χ1) is 9.80. The molecule has 0 amide bonds. The maximum absolute atomic E-state index is 11.8. The highest BCUT2D eigenvalue weighted by molar-refractivity contribution is 7.89. The minimum Gasteiger partial charge on any atom is -0.360 e. The van der Waals surface area contributed by atoms with Crippen molar-refractivity contribution in [2.24, 2.45) is 11.8 Å². The Morgan fingerprint density at radius 3 is 2.71 bits per heavy atom. The minimum atomic E-state index is -3.17. The molecule has 1 aromatic rings. The van der Waals surface area contributed by atoms with E-state index in [1.807, 2.05) is 13.0 Å². The van der Waals surface area contributed by atoms with Gasteiger partial charge in [0.2, 0.25) is 10.0 Å². The molecule has 0 spiro atoms. The van der Waals surface area contributed by atoms with Crippen molar-refractivity contribution in [3.63, 3.8) is 0 Å². The Morgan fingerprint density at radius 2 is 2.19 bits per heavy atom. The summed E-state index contributed by atoms with van der Waals surface area (Å²) in [6.45, 7) is 10.1. The van der Waals surface area contributed by atoms with E-state index < -0.39 is 10.0 Å². The van der Waals surface area contributed by atoms with Gasteiger partial charge in [0.25, 0.3) is 0 Å². The largest absolute Gasteiger partial charge is 0.360 e. The van der Waals surface area contributed by atoms with Crippen molar-refractivity contribution in [1.82, 2.24) is 14.8 Å². The van der Waals surface area contributed by atoms with Crippen molar-refractivity contribution in [1.29, 1.82) is 0 Å². The Labute approximate surface area is 126 Å². The molecule has 0 unspecified atom stereocenters. The third kappa shape index (κ3) is 4.28. The summed E-state index contributed by atoms with van der Waals surface area (Å²) < 4.78 is 31.8. The van der Waals surface area contributed by atoms with Crippen molar-refractivity contribution in [2.45, 2.75) is 40.3 Å². The highest BCUT2D eigenvalue weighted by Gasteiger charge is 2.36. The van der Waals surface area contributed by atoms with Gasteiger partial charge in [-0.2, -0.15) is 0 Å². The van der Waals surface area contributed by atoms with Crippen LogP contribution in [-0.2, 0) is 16.6 Å². The van der Waals surface area contributed by atoms with Crippen molar-refractivity contribution < 1.29 is 12.9 Å². The van der Waals surface area contributed by atoms with E-state index in [9.17, 15) is 8.42 Å². The van der Waals surface area contributed by atoms with Crippen LogP contribution >= 0.6 is 0 Å². The molecular formula is C14H25N3O3S. The van der Waals surface area contributed by atoms with Crippen molar-refractivity contribution in [2.75, 3.05) is 18.8 Å². The number of nitrogens with one attached hydrogen (secondary N) is 1. The predicted octanol–water partition coefficient (Wildman–Crippen LogP) is 1.38. The van der Waals surface area contributed by atoms with Crippen LogP contribution in [-0.4, -0.2) is 43.4 Å². The fourth-order valence-corrected chi connectivity index (χ4v) is 3.75. The first-order valence-electron chi connectivity index (χ1n) is 7.45. The van der Waals surface area contributed by atoms with Gasteiger partial charge in [0, 0.05) is 25.2 Å². The van der Waals surface area contributed by atoms with Crippen LogP contribution in [0.2, 0.25) is 0 Å². The molecule has 2 rings (SSSR count). The van der Waals surface area contributed by atoms with Crippen LogP contribution < -0.4 is 4.72 Å². The minimum absolute atomic E-state index is 0.0287. The molecule has 0 radical (unpaired) electrons. The number of hydrogen-bond donors (Lipinski definition) is 1. The van der Waals surface area contributed by atoms with Crippen LogP contribution in [0.5, 0.6) is 0 Å². The highest BCUT2D eigenvalue weighted by Crippen LogP contribution is 2.26. The van der Waals surface area contributed by atoms with Crippen molar-refractivity contribution in [3.8, 4) is 0 Å². The number of hydrogen-bond acceptors (Lipinski definition) is 5. The molecule has 0 bridgehead atoms. The molecule has 120 valence electrons. The lowest BCUT2D eigenvalue weighted by atomic mass is 9.92. The van der Waals surface area contributed by atoms with E-state index in [1.54, 1.807) is 6.92 Å². The zero-order valence-electron chi connectivity index (χ0n) is 13.2. The molecule has 0 aromatic carbocycles. The van der Waals surface area contributed by atoms with E-state index >= 15 is 0 Å². The van der Waals surface area contributed by atoms with Crippen LogP contribution in [0.4, 0.5) is 0 Å². The van der Waals surface area contributed by atoms with Crippen LogP contribution in [0.25, 0.3) is 0 Å². The zero-order valence-corrected chi connectivity index (χ0v) is 14.0. The van der Waals surface area contributed by atoms with E-state index in [2.05, 4.69) is 28.6 Å². The molecule has 0 aliphatic carbocycles. The Kier molecular flexibility index (Phi) is 5.06. The topological polar surface area (TPSA) is 75.4 Å². The molecule has 1 N–H and O–H groups in total. The summed E-state index contributed by atoms with van der Waals surface area (Å²) in [7, 11) is -3.17. The number of likely N-dealkylation sites (tertiary alicyclic amines) is 1. The molecule has 1 aromatic heterocycles. The number of aryl methyl sites for hydroxylation is 1. The Morgan fingerprint density at radius 1 is 1.48 bits per heavy atom. The summed E-state index contributed by atoms with van der Waals surface area (Å²) in [6, 6.07) is 1.90. The van der Waals surface area contributed by atoms with Crippen LogP contribution in [0.3, 0.4) is 0 Å². The second-order valence-corrected chi connectivity index (χ2v) is 8.21. The third-order valence-corrected chi connectivity index (χ3v) is 5.49. The average molecular weight is 315 g/mol.